The minimum absolute atomic E-state index is 0.197. The molecule has 344 valence electrons. The van der Waals surface area contributed by atoms with Gasteiger partial charge >= 0.3 is 0 Å². The van der Waals surface area contributed by atoms with Crippen molar-refractivity contribution in [3.63, 3.8) is 0 Å². The van der Waals surface area contributed by atoms with Crippen LogP contribution in [-0.2, 0) is 14.3 Å². The van der Waals surface area contributed by atoms with Gasteiger partial charge in [-0.2, -0.15) is 0 Å². The molecule has 9 heteroatoms. The lowest BCUT2D eigenvalue weighted by Crippen LogP contribution is -2.60. The van der Waals surface area contributed by atoms with E-state index in [4.69, 9.17) is 9.47 Å². The van der Waals surface area contributed by atoms with Gasteiger partial charge in [0, 0.05) is 6.42 Å². The van der Waals surface area contributed by atoms with Gasteiger partial charge in [0.15, 0.2) is 6.29 Å². The molecule has 1 saturated heterocycles. The number of aliphatic hydroxyl groups is 5. The van der Waals surface area contributed by atoms with E-state index < -0.39 is 49.5 Å². The summed E-state index contributed by atoms with van der Waals surface area (Å²) in [5.74, 6) is -0.197. The second-order valence-electron chi connectivity index (χ2n) is 16.9. The first-order valence-electron chi connectivity index (χ1n) is 24.4. The first kappa shape index (κ1) is 55.2. The predicted molar refractivity (Wildman–Crippen MR) is 244 cm³/mol. The molecule has 7 unspecified atom stereocenters. The van der Waals surface area contributed by atoms with Crippen molar-refractivity contribution in [2.24, 2.45) is 0 Å². The molecule has 0 aromatic carbocycles. The largest absolute Gasteiger partial charge is 0.394 e. The molecule has 0 aromatic rings. The zero-order valence-electron chi connectivity index (χ0n) is 37.7. The standard InChI is InChI=1S/C50H91NO8/c1-3-5-7-9-11-13-15-17-19-20-21-22-23-24-26-27-29-31-33-35-37-39-44(53)43(42-58-50-49(57)48(56)47(55)45(41-52)59-50)51-46(54)40-38-36-34-32-30-28-25-18-16-14-12-10-8-6-4-2/h14,16,23-24,29,31,37,39,43-45,47-50,52-53,55-57H,3-13,15,17-22,25-28,30,32-36,38,40-42H2,1-2H3,(H,51,54)/b16-14-,24-23+,31-29+,39-37+. The van der Waals surface area contributed by atoms with Crippen molar-refractivity contribution in [3.8, 4) is 0 Å². The molecule has 7 atom stereocenters. The summed E-state index contributed by atoms with van der Waals surface area (Å²) in [6.45, 7) is 3.73. The van der Waals surface area contributed by atoms with Gasteiger partial charge in [0.25, 0.3) is 0 Å². The Bertz CT molecular complexity index is 1060. The topological polar surface area (TPSA) is 149 Å². The van der Waals surface area contributed by atoms with Gasteiger partial charge in [-0.1, -0.05) is 178 Å². The minimum Gasteiger partial charge on any atom is -0.394 e. The molecule has 0 radical (unpaired) electrons. The molecule has 0 aromatic heterocycles. The number of rotatable bonds is 40. The zero-order chi connectivity index (χ0) is 43.0. The van der Waals surface area contributed by atoms with Gasteiger partial charge in [0.2, 0.25) is 5.91 Å². The van der Waals surface area contributed by atoms with Crippen LogP contribution < -0.4 is 5.32 Å². The molecule has 0 spiro atoms. The maximum absolute atomic E-state index is 13.0. The highest BCUT2D eigenvalue weighted by Gasteiger charge is 2.44. The van der Waals surface area contributed by atoms with Crippen molar-refractivity contribution in [2.75, 3.05) is 13.2 Å². The van der Waals surface area contributed by atoms with E-state index in [-0.39, 0.29) is 12.5 Å². The first-order chi connectivity index (χ1) is 28.8. The number of carbonyl (C=O) groups excluding carboxylic acids is 1. The number of nitrogens with one attached hydrogen (secondary N) is 1. The smallest absolute Gasteiger partial charge is 0.220 e. The number of aliphatic hydroxyl groups excluding tert-OH is 5. The maximum Gasteiger partial charge on any atom is 0.220 e. The van der Waals surface area contributed by atoms with E-state index in [1.165, 1.54) is 128 Å². The third-order valence-corrected chi connectivity index (χ3v) is 11.4. The minimum atomic E-state index is -1.58. The molecule has 1 heterocycles. The summed E-state index contributed by atoms with van der Waals surface area (Å²) < 4.78 is 11.2. The summed E-state index contributed by atoms with van der Waals surface area (Å²) >= 11 is 0. The molecule has 0 bridgehead atoms. The Labute approximate surface area is 361 Å². The maximum atomic E-state index is 13.0. The molecular weight excluding hydrogens is 743 g/mol. The zero-order valence-corrected chi connectivity index (χ0v) is 37.7. The Hall–Kier alpha value is -1.85. The van der Waals surface area contributed by atoms with Crippen molar-refractivity contribution < 1.29 is 39.8 Å². The predicted octanol–water partition coefficient (Wildman–Crippen LogP) is 10.6. The highest BCUT2D eigenvalue weighted by atomic mass is 16.7. The molecule has 1 fully saturated rings. The van der Waals surface area contributed by atoms with Gasteiger partial charge in [-0.3, -0.25) is 4.79 Å². The molecule has 0 aliphatic carbocycles. The number of unbranched alkanes of at least 4 members (excludes halogenated alkanes) is 24. The fourth-order valence-corrected chi connectivity index (χ4v) is 7.42. The van der Waals surface area contributed by atoms with Crippen molar-refractivity contribution >= 4 is 5.91 Å². The molecule has 9 nitrogen and oxygen atoms in total. The Kier molecular flexibility index (Phi) is 37.6. The lowest BCUT2D eigenvalue weighted by atomic mass is 9.99. The van der Waals surface area contributed by atoms with Gasteiger partial charge in [0.1, 0.15) is 24.4 Å². The van der Waals surface area contributed by atoms with E-state index in [0.717, 1.165) is 57.8 Å². The van der Waals surface area contributed by atoms with E-state index in [0.29, 0.717) is 6.42 Å². The second kappa shape index (κ2) is 40.2. The second-order valence-corrected chi connectivity index (χ2v) is 16.9. The SMILES string of the molecule is CCCCCC/C=C\CCCCCCCCCC(=O)NC(COC1OC(CO)C(O)C(O)C1O)C(O)/C=C/CC/C=C/CC/C=C/CCCCCCCCCCCCC. The summed E-state index contributed by atoms with van der Waals surface area (Å²) in [5.41, 5.74) is 0. The Morgan fingerprint density at radius 1 is 0.559 bits per heavy atom. The number of ether oxygens (including phenoxy) is 2. The van der Waals surface area contributed by atoms with Crippen LogP contribution in [0.2, 0.25) is 0 Å². The van der Waals surface area contributed by atoms with Crippen LogP contribution >= 0.6 is 0 Å². The number of allylic oxidation sites excluding steroid dienone is 7. The summed E-state index contributed by atoms with van der Waals surface area (Å²) in [7, 11) is 0. The van der Waals surface area contributed by atoms with Gasteiger partial charge in [-0.25, -0.2) is 0 Å². The van der Waals surface area contributed by atoms with E-state index in [1.807, 2.05) is 6.08 Å². The average Bonchev–Trinajstić information content (AvgIpc) is 3.23. The van der Waals surface area contributed by atoms with E-state index in [1.54, 1.807) is 6.08 Å². The van der Waals surface area contributed by atoms with Gasteiger partial charge in [0.05, 0.1) is 25.4 Å². The van der Waals surface area contributed by atoms with Crippen molar-refractivity contribution in [2.45, 2.75) is 249 Å². The van der Waals surface area contributed by atoms with Crippen molar-refractivity contribution in [3.05, 3.63) is 48.6 Å². The molecule has 59 heavy (non-hydrogen) atoms. The molecule has 1 amide bonds. The van der Waals surface area contributed by atoms with Crippen LogP contribution in [0, 0.1) is 0 Å². The van der Waals surface area contributed by atoms with Crippen LogP contribution in [0.4, 0.5) is 0 Å². The highest BCUT2D eigenvalue weighted by Crippen LogP contribution is 2.22. The van der Waals surface area contributed by atoms with Crippen LogP contribution in [0.25, 0.3) is 0 Å². The van der Waals surface area contributed by atoms with Crippen LogP contribution in [-0.4, -0.2) is 87.5 Å². The normalized spacial score (nSPS) is 21.1. The summed E-state index contributed by atoms with van der Waals surface area (Å²) in [6.07, 6.45) is 44.4. The third-order valence-electron chi connectivity index (χ3n) is 11.4. The monoisotopic (exact) mass is 834 g/mol. The van der Waals surface area contributed by atoms with Crippen molar-refractivity contribution in [1.29, 1.82) is 0 Å². The number of amides is 1. The lowest BCUT2D eigenvalue weighted by molar-refractivity contribution is -0.302. The fraction of sp³-hybridized carbons (Fsp3) is 0.820. The molecule has 6 N–H and O–H groups in total. The number of hydrogen-bond donors (Lipinski definition) is 6. The fourth-order valence-electron chi connectivity index (χ4n) is 7.42. The lowest BCUT2D eigenvalue weighted by Gasteiger charge is -2.40. The van der Waals surface area contributed by atoms with Crippen molar-refractivity contribution in [1.82, 2.24) is 5.32 Å². The van der Waals surface area contributed by atoms with E-state index in [2.05, 4.69) is 55.6 Å². The van der Waals surface area contributed by atoms with Gasteiger partial charge < -0.3 is 40.3 Å². The number of hydrogen-bond acceptors (Lipinski definition) is 8. The van der Waals surface area contributed by atoms with Crippen LogP contribution in [0.1, 0.15) is 206 Å². The molecule has 1 aliphatic heterocycles. The average molecular weight is 834 g/mol. The molecule has 1 aliphatic rings. The first-order valence-corrected chi connectivity index (χ1v) is 24.4. The van der Waals surface area contributed by atoms with E-state index in [9.17, 15) is 30.3 Å². The highest BCUT2D eigenvalue weighted by molar-refractivity contribution is 5.76. The van der Waals surface area contributed by atoms with Gasteiger partial charge in [-0.05, 0) is 70.6 Å². The Morgan fingerprint density at radius 2 is 0.966 bits per heavy atom. The van der Waals surface area contributed by atoms with Crippen LogP contribution in [0.3, 0.4) is 0 Å². The van der Waals surface area contributed by atoms with Gasteiger partial charge in [-0.15, -0.1) is 0 Å². The summed E-state index contributed by atoms with van der Waals surface area (Å²) in [4.78, 5) is 13.0. The summed E-state index contributed by atoms with van der Waals surface area (Å²) in [5, 5.41) is 54.2. The molecule has 1 rings (SSSR count). The summed E-state index contributed by atoms with van der Waals surface area (Å²) in [6, 6.07) is -0.830. The molecular formula is C50H91NO8. The van der Waals surface area contributed by atoms with Crippen LogP contribution in [0.5, 0.6) is 0 Å². The van der Waals surface area contributed by atoms with Crippen LogP contribution in [0.15, 0.2) is 48.6 Å². The number of carbonyl (C=O) groups is 1. The molecule has 0 saturated carbocycles. The Balaban J connectivity index is 2.37. The Morgan fingerprint density at radius 3 is 1.44 bits per heavy atom. The van der Waals surface area contributed by atoms with E-state index >= 15 is 0 Å². The quantitative estimate of drug-likeness (QED) is 0.0264. The third kappa shape index (κ3) is 30.8.